The van der Waals surface area contributed by atoms with Gasteiger partial charge >= 0.3 is 6.09 Å². The van der Waals surface area contributed by atoms with E-state index in [9.17, 15) is 13.2 Å². The van der Waals surface area contributed by atoms with E-state index in [0.717, 1.165) is 5.56 Å². The van der Waals surface area contributed by atoms with Crippen molar-refractivity contribution >= 4 is 24.4 Å². The van der Waals surface area contributed by atoms with E-state index in [2.05, 4.69) is 39.0 Å². The van der Waals surface area contributed by atoms with Crippen LogP contribution in [0, 0.1) is 19.3 Å². The highest BCUT2D eigenvalue weighted by atomic mass is 32.2. The Hall–Kier alpha value is -2.34. The van der Waals surface area contributed by atoms with Gasteiger partial charge in [-0.2, -0.15) is 4.31 Å². The molecule has 1 rings (SSSR count). The fourth-order valence-electron chi connectivity index (χ4n) is 3.48. The number of rotatable bonds is 11. The standard InChI is InChI=1S/C28H44N2O5SSi/c1-13-19-29(36(32,33)24-17-15-23(7)16-18-24)20-26(35-37(11,12)28(8,9)10)25(14-2)34-27(31)30(21(3)4)22(5)6/h1,15-18,21-22,26H,2,19-20H2,3-12H3. The van der Waals surface area contributed by atoms with Gasteiger partial charge in [-0.3, -0.25) is 0 Å². The predicted molar refractivity (Wildman–Crippen MR) is 152 cm³/mol. The quantitative estimate of drug-likeness (QED) is 0.148. The molecule has 0 heterocycles. The van der Waals surface area contributed by atoms with Crippen molar-refractivity contribution < 1.29 is 22.4 Å². The van der Waals surface area contributed by atoms with E-state index in [1.807, 2.05) is 47.7 Å². The van der Waals surface area contributed by atoms with E-state index < -0.39 is 30.5 Å². The van der Waals surface area contributed by atoms with Crippen molar-refractivity contribution in [3.63, 3.8) is 0 Å². The molecule has 0 spiro atoms. The maximum Gasteiger partial charge on any atom is 0.416 e. The van der Waals surface area contributed by atoms with Crippen molar-refractivity contribution in [1.82, 2.24) is 9.21 Å². The molecule has 1 aromatic carbocycles. The van der Waals surface area contributed by atoms with Gasteiger partial charge in [0.2, 0.25) is 10.0 Å². The average molecular weight is 549 g/mol. The van der Waals surface area contributed by atoms with Gasteiger partial charge in [-0.25, -0.2) is 13.2 Å². The second-order valence-electron chi connectivity index (χ2n) is 11.2. The molecule has 1 unspecified atom stereocenters. The first kappa shape index (κ1) is 32.7. The van der Waals surface area contributed by atoms with Crippen LogP contribution in [-0.4, -0.2) is 63.3 Å². The highest BCUT2D eigenvalue weighted by molar-refractivity contribution is 7.89. The van der Waals surface area contributed by atoms with Crippen molar-refractivity contribution in [3.8, 4) is 12.3 Å². The summed E-state index contributed by atoms with van der Waals surface area (Å²) < 4.78 is 40.7. The number of amides is 1. The molecule has 0 aromatic heterocycles. The zero-order chi connectivity index (χ0) is 28.8. The summed E-state index contributed by atoms with van der Waals surface area (Å²) in [6.45, 7) is 23.1. The van der Waals surface area contributed by atoms with Gasteiger partial charge in [-0.05, 0) is 64.9 Å². The lowest BCUT2D eigenvalue weighted by atomic mass is 10.2. The minimum atomic E-state index is -3.97. The third kappa shape index (κ3) is 8.59. The lowest BCUT2D eigenvalue weighted by molar-refractivity contribution is 0.0730. The van der Waals surface area contributed by atoms with Gasteiger partial charge in [0, 0.05) is 18.6 Å². The molecule has 0 N–H and O–H groups in total. The van der Waals surface area contributed by atoms with Crippen LogP contribution in [0.25, 0.3) is 0 Å². The minimum Gasteiger partial charge on any atom is -0.405 e. The van der Waals surface area contributed by atoms with Crippen LogP contribution in [0.2, 0.25) is 18.1 Å². The number of hydrogen-bond donors (Lipinski definition) is 0. The first-order chi connectivity index (χ1) is 16.9. The van der Waals surface area contributed by atoms with E-state index >= 15 is 0 Å². The summed E-state index contributed by atoms with van der Waals surface area (Å²) in [6.07, 6.45) is 4.06. The molecule has 1 amide bonds. The first-order valence-corrected chi connectivity index (χ1v) is 16.8. The third-order valence-electron chi connectivity index (χ3n) is 6.53. The van der Waals surface area contributed by atoms with E-state index in [4.69, 9.17) is 15.6 Å². The number of aryl methyl sites for hydroxylation is 1. The van der Waals surface area contributed by atoms with Crippen LogP contribution in [-0.2, 0) is 19.2 Å². The third-order valence-corrected chi connectivity index (χ3v) is 12.8. The molecule has 0 aliphatic heterocycles. The van der Waals surface area contributed by atoms with Crippen LogP contribution in [0.15, 0.2) is 47.2 Å². The summed E-state index contributed by atoms with van der Waals surface area (Å²) in [5, 5.41) is -0.198. The molecule has 9 heteroatoms. The maximum atomic E-state index is 13.6. The van der Waals surface area contributed by atoms with E-state index in [1.165, 1.54) is 4.31 Å². The number of ether oxygens (including phenoxy) is 1. The molecular weight excluding hydrogens is 504 g/mol. The molecule has 1 atom stereocenters. The normalized spacial score (nSPS) is 13.3. The predicted octanol–water partition coefficient (Wildman–Crippen LogP) is 5.93. The highest BCUT2D eigenvalue weighted by Gasteiger charge is 2.42. The summed E-state index contributed by atoms with van der Waals surface area (Å²) in [6, 6.07) is 6.33. The molecule has 0 bridgehead atoms. The van der Waals surface area contributed by atoms with Gasteiger partial charge in [0.1, 0.15) is 6.10 Å². The Morgan fingerprint density at radius 2 is 1.62 bits per heavy atom. The zero-order valence-electron chi connectivity index (χ0n) is 24.1. The van der Waals surface area contributed by atoms with Crippen LogP contribution in [0.1, 0.15) is 54.0 Å². The van der Waals surface area contributed by atoms with Crippen molar-refractivity contribution in [2.24, 2.45) is 0 Å². The fourth-order valence-corrected chi connectivity index (χ4v) is 6.08. The van der Waals surface area contributed by atoms with Crippen LogP contribution in [0.3, 0.4) is 0 Å². The number of carbonyl (C=O) groups is 1. The molecule has 0 aliphatic carbocycles. The minimum absolute atomic E-state index is 0.0299. The summed E-state index contributed by atoms with van der Waals surface area (Å²) in [5.74, 6) is 2.47. The monoisotopic (exact) mass is 548 g/mol. The largest absolute Gasteiger partial charge is 0.416 e. The van der Waals surface area contributed by atoms with Crippen LogP contribution in [0.4, 0.5) is 4.79 Å². The second-order valence-corrected chi connectivity index (χ2v) is 17.9. The van der Waals surface area contributed by atoms with E-state index in [0.29, 0.717) is 0 Å². The van der Waals surface area contributed by atoms with Gasteiger partial charge in [0.15, 0.2) is 14.1 Å². The molecule has 0 aliphatic rings. The average Bonchev–Trinajstić information content (AvgIpc) is 2.75. The number of nitrogens with zero attached hydrogens (tertiary/aromatic N) is 2. The SMILES string of the molecule is C#CCN(CC(O[Si](C)(C)C(C)(C)C)C(=C=C)OC(=O)N(C(C)C)C(C)C)S(=O)(=O)c1ccc(C)cc1. The molecule has 0 saturated heterocycles. The first-order valence-electron chi connectivity index (χ1n) is 12.5. The summed E-state index contributed by atoms with van der Waals surface area (Å²) >= 11 is 0. The Morgan fingerprint density at radius 1 is 1.11 bits per heavy atom. The highest BCUT2D eigenvalue weighted by Crippen LogP contribution is 2.38. The van der Waals surface area contributed by atoms with Crippen LogP contribution < -0.4 is 0 Å². The number of carbonyl (C=O) groups excluding carboxylic acids is 1. The number of benzene rings is 1. The van der Waals surface area contributed by atoms with Gasteiger partial charge in [0.05, 0.1) is 11.4 Å². The Morgan fingerprint density at radius 3 is 2.03 bits per heavy atom. The number of terminal acetylenes is 1. The summed E-state index contributed by atoms with van der Waals surface area (Å²) in [4.78, 5) is 14.8. The molecule has 1 aromatic rings. The fraction of sp³-hybridized carbons (Fsp3) is 0.571. The van der Waals surface area contributed by atoms with Gasteiger partial charge in [-0.15, -0.1) is 6.42 Å². The molecule has 0 fully saturated rings. The molecule has 37 heavy (non-hydrogen) atoms. The molecule has 206 valence electrons. The maximum absolute atomic E-state index is 13.6. The second kappa shape index (κ2) is 12.9. The summed E-state index contributed by atoms with van der Waals surface area (Å²) in [5.41, 5.74) is 3.64. The summed E-state index contributed by atoms with van der Waals surface area (Å²) in [7, 11) is -6.44. The van der Waals surface area contributed by atoms with Gasteiger partial charge in [-0.1, -0.05) is 56.7 Å². The van der Waals surface area contributed by atoms with Crippen LogP contribution in [0.5, 0.6) is 0 Å². The van der Waals surface area contributed by atoms with Crippen molar-refractivity contribution in [1.29, 1.82) is 0 Å². The van der Waals surface area contributed by atoms with Crippen LogP contribution >= 0.6 is 0 Å². The Kier molecular flexibility index (Phi) is 11.4. The molecule has 0 saturated carbocycles. The smallest absolute Gasteiger partial charge is 0.405 e. The zero-order valence-corrected chi connectivity index (χ0v) is 25.9. The van der Waals surface area contributed by atoms with Crippen molar-refractivity contribution in [2.45, 2.75) is 96.6 Å². The Balaban J connectivity index is 3.54. The molecule has 7 nitrogen and oxygen atoms in total. The van der Waals surface area contributed by atoms with E-state index in [1.54, 1.807) is 29.2 Å². The van der Waals surface area contributed by atoms with E-state index in [-0.39, 0.29) is 40.9 Å². The number of sulfonamides is 1. The Labute approximate surface area is 225 Å². The number of hydrogen-bond acceptors (Lipinski definition) is 5. The lowest BCUT2D eigenvalue weighted by Gasteiger charge is -2.40. The van der Waals surface area contributed by atoms with Crippen molar-refractivity contribution in [3.05, 3.63) is 47.9 Å². The van der Waals surface area contributed by atoms with Gasteiger partial charge < -0.3 is 14.1 Å². The van der Waals surface area contributed by atoms with Gasteiger partial charge in [0.25, 0.3) is 0 Å². The topological polar surface area (TPSA) is 76.2 Å². The van der Waals surface area contributed by atoms with Crippen molar-refractivity contribution in [2.75, 3.05) is 13.1 Å². The molecular formula is C28H44N2O5SSi. The molecule has 0 radical (unpaired) electrons. The lowest BCUT2D eigenvalue weighted by Crippen LogP contribution is -2.49. The Bertz CT molecular complexity index is 1110.